The number of hydrogen-bond acceptors (Lipinski definition) is 3. The minimum absolute atomic E-state index is 0.307. The standard InChI is InChI=1S/C14H15BrFN3/c1-9(2)17-6-10-7-18-14(19-8-10)11-3-12(15)5-13(16)4-11/h3-5,7-9,17H,6H2,1-2H3. The summed E-state index contributed by atoms with van der Waals surface area (Å²) in [5.74, 6) is 0.215. The van der Waals surface area contributed by atoms with Crippen molar-refractivity contribution in [3.05, 3.63) is 46.4 Å². The van der Waals surface area contributed by atoms with E-state index in [-0.39, 0.29) is 5.82 Å². The maximum atomic E-state index is 13.3. The van der Waals surface area contributed by atoms with E-state index in [1.54, 1.807) is 18.5 Å². The van der Waals surface area contributed by atoms with E-state index in [2.05, 4.69) is 45.1 Å². The normalized spacial score (nSPS) is 11.0. The second kappa shape index (κ2) is 6.21. The fraction of sp³-hybridized carbons (Fsp3) is 0.286. The maximum Gasteiger partial charge on any atom is 0.159 e. The number of nitrogens with one attached hydrogen (secondary N) is 1. The van der Waals surface area contributed by atoms with Gasteiger partial charge in [-0.15, -0.1) is 0 Å². The van der Waals surface area contributed by atoms with Crippen LogP contribution >= 0.6 is 15.9 Å². The van der Waals surface area contributed by atoms with Crippen molar-refractivity contribution in [1.29, 1.82) is 0 Å². The molecule has 0 spiro atoms. The van der Waals surface area contributed by atoms with Crippen molar-refractivity contribution in [3.8, 4) is 11.4 Å². The summed E-state index contributed by atoms with van der Waals surface area (Å²) in [7, 11) is 0. The van der Waals surface area contributed by atoms with Crippen LogP contribution in [-0.4, -0.2) is 16.0 Å². The molecule has 3 nitrogen and oxygen atoms in total. The molecule has 0 radical (unpaired) electrons. The highest BCUT2D eigenvalue weighted by molar-refractivity contribution is 9.10. The summed E-state index contributed by atoms with van der Waals surface area (Å²) in [4.78, 5) is 8.54. The summed E-state index contributed by atoms with van der Waals surface area (Å²) in [5, 5.41) is 3.29. The van der Waals surface area contributed by atoms with E-state index < -0.39 is 0 Å². The minimum atomic E-state index is -0.307. The monoisotopic (exact) mass is 323 g/mol. The van der Waals surface area contributed by atoms with Crippen LogP contribution in [0.25, 0.3) is 11.4 Å². The Bertz CT molecular complexity index is 535. The summed E-state index contributed by atoms with van der Waals surface area (Å²) in [6, 6.07) is 5.04. The van der Waals surface area contributed by atoms with Gasteiger partial charge < -0.3 is 5.32 Å². The third kappa shape index (κ3) is 4.08. The number of halogens is 2. The van der Waals surface area contributed by atoms with Gasteiger partial charge in [-0.1, -0.05) is 29.8 Å². The number of hydrogen-bond donors (Lipinski definition) is 1. The van der Waals surface area contributed by atoms with E-state index in [0.29, 0.717) is 21.9 Å². The SMILES string of the molecule is CC(C)NCc1cnc(-c2cc(F)cc(Br)c2)nc1. The molecule has 0 unspecified atom stereocenters. The van der Waals surface area contributed by atoms with Gasteiger partial charge in [-0.25, -0.2) is 14.4 Å². The molecule has 5 heteroatoms. The molecular weight excluding hydrogens is 309 g/mol. The summed E-state index contributed by atoms with van der Waals surface area (Å²) in [5.41, 5.74) is 1.67. The third-order valence-electron chi connectivity index (χ3n) is 2.54. The van der Waals surface area contributed by atoms with Crippen molar-refractivity contribution >= 4 is 15.9 Å². The highest BCUT2D eigenvalue weighted by Crippen LogP contribution is 2.21. The van der Waals surface area contributed by atoms with E-state index in [4.69, 9.17) is 0 Å². The summed E-state index contributed by atoms with van der Waals surface area (Å²) >= 11 is 3.26. The molecule has 0 bridgehead atoms. The van der Waals surface area contributed by atoms with Gasteiger partial charge in [0.2, 0.25) is 0 Å². The molecule has 1 N–H and O–H groups in total. The molecule has 1 aromatic carbocycles. The second-order valence-electron chi connectivity index (χ2n) is 4.61. The van der Waals surface area contributed by atoms with Gasteiger partial charge in [0.25, 0.3) is 0 Å². The van der Waals surface area contributed by atoms with Gasteiger partial charge in [-0.3, -0.25) is 0 Å². The van der Waals surface area contributed by atoms with Crippen molar-refractivity contribution in [2.75, 3.05) is 0 Å². The molecule has 0 fully saturated rings. The summed E-state index contributed by atoms with van der Waals surface area (Å²) in [6.07, 6.45) is 3.52. The first-order valence-corrected chi connectivity index (χ1v) is 6.84. The Labute approximate surface area is 120 Å². The Morgan fingerprint density at radius 3 is 2.47 bits per heavy atom. The van der Waals surface area contributed by atoms with Crippen molar-refractivity contribution in [2.24, 2.45) is 0 Å². The van der Waals surface area contributed by atoms with Gasteiger partial charge in [0.05, 0.1) is 0 Å². The Morgan fingerprint density at radius 2 is 1.89 bits per heavy atom. The first-order valence-electron chi connectivity index (χ1n) is 6.05. The average Bonchev–Trinajstić information content (AvgIpc) is 2.36. The lowest BCUT2D eigenvalue weighted by molar-refractivity contribution is 0.587. The Morgan fingerprint density at radius 1 is 1.21 bits per heavy atom. The van der Waals surface area contributed by atoms with E-state index >= 15 is 0 Å². The fourth-order valence-electron chi connectivity index (χ4n) is 1.60. The van der Waals surface area contributed by atoms with E-state index in [9.17, 15) is 4.39 Å². The molecule has 0 atom stereocenters. The lowest BCUT2D eigenvalue weighted by Crippen LogP contribution is -2.21. The molecule has 0 saturated carbocycles. The van der Waals surface area contributed by atoms with E-state index in [0.717, 1.165) is 12.1 Å². The molecule has 1 aromatic heterocycles. The van der Waals surface area contributed by atoms with Gasteiger partial charge in [0.1, 0.15) is 5.82 Å². The maximum absolute atomic E-state index is 13.3. The lowest BCUT2D eigenvalue weighted by atomic mass is 10.2. The van der Waals surface area contributed by atoms with Crippen LogP contribution in [-0.2, 0) is 6.54 Å². The molecule has 0 amide bonds. The quantitative estimate of drug-likeness (QED) is 0.935. The molecule has 19 heavy (non-hydrogen) atoms. The van der Waals surface area contributed by atoms with Crippen molar-refractivity contribution in [3.63, 3.8) is 0 Å². The van der Waals surface area contributed by atoms with Crippen LogP contribution in [0, 0.1) is 5.82 Å². The van der Waals surface area contributed by atoms with Crippen LogP contribution < -0.4 is 5.32 Å². The zero-order valence-electron chi connectivity index (χ0n) is 10.8. The van der Waals surface area contributed by atoms with Gasteiger partial charge in [0.15, 0.2) is 5.82 Å². The summed E-state index contributed by atoms with van der Waals surface area (Å²) < 4.78 is 14.0. The zero-order chi connectivity index (χ0) is 13.8. The molecular formula is C14H15BrFN3. The van der Waals surface area contributed by atoms with Gasteiger partial charge >= 0.3 is 0 Å². The Hall–Kier alpha value is -1.33. The predicted octanol–water partition coefficient (Wildman–Crippen LogP) is 3.54. The van der Waals surface area contributed by atoms with Crippen LogP contribution in [0.4, 0.5) is 4.39 Å². The predicted molar refractivity (Wildman–Crippen MR) is 77.1 cm³/mol. The number of aromatic nitrogens is 2. The Balaban J connectivity index is 2.17. The molecule has 100 valence electrons. The smallest absolute Gasteiger partial charge is 0.159 e. The molecule has 2 rings (SSSR count). The van der Waals surface area contributed by atoms with Gasteiger partial charge in [-0.2, -0.15) is 0 Å². The van der Waals surface area contributed by atoms with Crippen LogP contribution in [0.1, 0.15) is 19.4 Å². The largest absolute Gasteiger partial charge is 0.310 e. The first kappa shape index (κ1) is 14.1. The van der Waals surface area contributed by atoms with Crippen LogP contribution in [0.5, 0.6) is 0 Å². The van der Waals surface area contributed by atoms with E-state index in [1.165, 1.54) is 12.1 Å². The molecule has 0 aliphatic rings. The summed E-state index contributed by atoms with van der Waals surface area (Å²) in [6.45, 7) is 4.89. The second-order valence-corrected chi connectivity index (χ2v) is 5.52. The number of benzene rings is 1. The molecule has 0 aliphatic carbocycles. The van der Waals surface area contributed by atoms with Crippen molar-refractivity contribution in [1.82, 2.24) is 15.3 Å². The molecule has 0 saturated heterocycles. The van der Waals surface area contributed by atoms with Gasteiger partial charge in [-0.05, 0) is 18.2 Å². The van der Waals surface area contributed by atoms with Crippen molar-refractivity contribution in [2.45, 2.75) is 26.4 Å². The van der Waals surface area contributed by atoms with Crippen LogP contribution in [0.2, 0.25) is 0 Å². The van der Waals surface area contributed by atoms with Crippen molar-refractivity contribution < 1.29 is 4.39 Å². The molecule has 1 heterocycles. The molecule has 2 aromatic rings. The lowest BCUT2D eigenvalue weighted by Gasteiger charge is -2.08. The highest BCUT2D eigenvalue weighted by atomic mass is 79.9. The minimum Gasteiger partial charge on any atom is -0.310 e. The fourth-order valence-corrected chi connectivity index (χ4v) is 2.07. The van der Waals surface area contributed by atoms with Gasteiger partial charge in [0, 0.05) is 40.6 Å². The number of nitrogens with zero attached hydrogens (tertiary/aromatic N) is 2. The topological polar surface area (TPSA) is 37.8 Å². The number of rotatable bonds is 4. The average molecular weight is 324 g/mol. The van der Waals surface area contributed by atoms with Crippen LogP contribution in [0.15, 0.2) is 35.1 Å². The zero-order valence-corrected chi connectivity index (χ0v) is 12.4. The first-order chi connectivity index (χ1) is 9.04. The highest BCUT2D eigenvalue weighted by Gasteiger charge is 2.05. The molecule has 0 aliphatic heterocycles. The Kier molecular flexibility index (Phi) is 4.61. The third-order valence-corrected chi connectivity index (χ3v) is 3.00. The van der Waals surface area contributed by atoms with E-state index in [1.807, 2.05) is 0 Å². The van der Waals surface area contributed by atoms with Crippen LogP contribution in [0.3, 0.4) is 0 Å².